The van der Waals surface area contributed by atoms with Gasteiger partial charge in [0.25, 0.3) is 0 Å². The predicted molar refractivity (Wildman–Crippen MR) is 287 cm³/mol. The highest BCUT2D eigenvalue weighted by Gasteiger charge is 2.52. The van der Waals surface area contributed by atoms with E-state index >= 15 is 0 Å². The topological polar surface area (TPSA) is 29.1 Å². The fourth-order valence-corrected chi connectivity index (χ4v) is 12.2. The van der Waals surface area contributed by atoms with Gasteiger partial charge in [0, 0.05) is 6.54 Å². The monoisotopic (exact) mass is 885 g/mol. The Labute approximate surface area is 400 Å². The van der Waals surface area contributed by atoms with E-state index in [1.165, 1.54) is 321 Å². The highest BCUT2D eigenvalue weighted by atomic mass is 16.1. The van der Waals surface area contributed by atoms with Crippen LogP contribution in [0, 0.1) is 16.7 Å². The molecule has 0 saturated heterocycles. The summed E-state index contributed by atoms with van der Waals surface area (Å²) >= 11 is 0. The average molecular weight is 886 g/mol. The first kappa shape index (κ1) is 62.5. The van der Waals surface area contributed by atoms with Crippen LogP contribution in [-0.2, 0) is 4.79 Å². The Bertz CT molecular complexity index is 827. The number of amides is 1. The van der Waals surface area contributed by atoms with Gasteiger partial charge in [-0.25, -0.2) is 0 Å². The summed E-state index contributed by atoms with van der Waals surface area (Å²) in [7, 11) is 0. The van der Waals surface area contributed by atoms with Crippen molar-refractivity contribution in [3.63, 3.8) is 0 Å². The normalized spacial score (nSPS) is 12.7. The Morgan fingerprint density at radius 2 is 0.540 bits per heavy atom. The summed E-state index contributed by atoms with van der Waals surface area (Å²) in [5, 5.41) is 3.20. The number of rotatable bonds is 55. The van der Waals surface area contributed by atoms with Crippen molar-refractivity contribution < 1.29 is 4.79 Å². The Morgan fingerprint density at radius 1 is 0.302 bits per heavy atom. The second-order valence-corrected chi connectivity index (χ2v) is 21.6. The van der Waals surface area contributed by atoms with Crippen LogP contribution >= 0.6 is 0 Å². The molecule has 0 fully saturated rings. The smallest absolute Gasteiger partial charge is 0.309 e. The SMILES string of the molecule is CCCCCCCCCCC(CCCCC)C(CCCCCCCCCC)(CCCCCCCCCC)C(CCCCCCCCCC)(CCCCCCCCCC)CCN[C]=O. The van der Waals surface area contributed by atoms with Crippen molar-refractivity contribution in [2.75, 3.05) is 6.54 Å². The molecule has 0 aromatic heterocycles. The van der Waals surface area contributed by atoms with Gasteiger partial charge in [-0.15, -0.1) is 0 Å². The van der Waals surface area contributed by atoms with Crippen LogP contribution in [-0.4, -0.2) is 13.0 Å². The molecule has 1 atom stereocenters. The molecule has 0 aliphatic rings. The predicted octanol–water partition coefficient (Wildman–Crippen LogP) is 21.9. The Hall–Kier alpha value is -0.530. The average Bonchev–Trinajstić information content (AvgIpc) is 3.29. The summed E-state index contributed by atoms with van der Waals surface area (Å²) in [6.45, 7) is 15.0. The lowest BCUT2D eigenvalue weighted by Crippen LogP contribution is -2.49. The van der Waals surface area contributed by atoms with E-state index in [2.05, 4.69) is 53.3 Å². The zero-order valence-corrected chi connectivity index (χ0v) is 45.0. The summed E-state index contributed by atoms with van der Waals surface area (Å²) in [6, 6.07) is 0. The largest absolute Gasteiger partial charge is 0.348 e. The number of carbonyl (C=O) groups excluding carboxylic acids is 1. The molecule has 1 N–H and O–H groups in total. The minimum atomic E-state index is 0.306. The number of hydrogen-bond donors (Lipinski definition) is 1. The van der Waals surface area contributed by atoms with E-state index in [0.29, 0.717) is 10.8 Å². The lowest BCUT2D eigenvalue weighted by atomic mass is 9.48. The molecular formula is C61H122NO. The third kappa shape index (κ3) is 34.4. The Morgan fingerprint density at radius 3 is 0.841 bits per heavy atom. The van der Waals surface area contributed by atoms with Crippen LogP contribution in [0.3, 0.4) is 0 Å². The molecule has 0 aliphatic carbocycles. The third-order valence-electron chi connectivity index (χ3n) is 16.2. The lowest BCUT2D eigenvalue weighted by Gasteiger charge is -2.57. The number of unbranched alkanes of at least 4 members (excludes halogenated alkanes) is 37. The van der Waals surface area contributed by atoms with E-state index < -0.39 is 0 Å². The van der Waals surface area contributed by atoms with E-state index in [4.69, 9.17) is 0 Å². The molecule has 2 nitrogen and oxygen atoms in total. The Kier molecular flexibility index (Phi) is 49.0. The van der Waals surface area contributed by atoms with Crippen LogP contribution in [0.2, 0.25) is 0 Å². The number of hydrogen-bond acceptors (Lipinski definition) is 1. The summed E-state index contributed by atoms with van der Waals surface area (Å²) in [4.78, 5) is 12.0. The summed E-state index contributed by atoms with van der Waals surface area (Å²) in [5.74, 6) is 0.821. The van der Waals surface area contributed by atoms with E-state index in [-0.39, 0.29) is 0 Å². The maximum Gasteiger partial charge on any atom is 0.309 e. The second-order valence-electron chi connectivity index (χ2n) is 21.6. The molecule has 0 heterocycles. The fourth-order valence-electron chi connectivity index (χ4n) is 12.2. The van der Waals surface area contributed by atoms with Crippen molar-refractivity contribution in [3.8, 4) is 0 Å². The molecule has 1 radical (unpaired) electrons. The molecule has 2 heteroatoms. The van der Waals surface area contributed by atoms with Crippen LogP contribution in [0.15, 0.2) is 0 Å². The van der Waals surface area contributed by atoms with Gasteiger partial charge in [0.05, 0.1) is 0 Å². The molecule has 0 aromatic rings. The third-order valence-corrected chi connectivity index (χ3v) is 16.2. The van der Waals surface area contributed by atoms with Crippen molar-refractivity contribution in [3.05, 3.63) is 0 Å². The van der Waals surface area contributed by atoms with Gasteiger partial charge >= 0.3 is 6.41 Å². The highest BCUT2D eigenvalue weighted by molar-refractivity contribution is 5.46. The number of nitrogens with one attached hydrogen (secondary N) is 1. The molecule has 377 valence electrons. The van der Waals surface area contributed by atoms with Gasteiger partial charge < -0.3 is 5.32 Å². The van der Waals surface area contributed by atoms with Gasteiger partial charge in [0.2, 0.25) is 0 Å². The van der Waals surface area contributed by atoms with E-state index in [1.54, 1.807) is 0 Å². The first-order valence-electron chi connectivity index (χ1n) is 30.2. The van der Waals surface area contributed by atoms with E-state index in [9.17, 15) is 4.79 Å². The van der Waals surface area contributed by atoms with Crippen molar-refractivity contribution in [1.82, 2.24) is 5.32 Å². The minimum absolute atomic E-state index is 0.306. The summed E-state index contributed by atoms with van der Waals surface area (Å²) < 4.78 is 0. The lowest BCUT2D eigenvalue weighted by molar-refractivity contribution is -0.0739. The quantitative estimate of drug-likeness (QED) is 0.0479. The molecule has 0 aliphatic heterocycles. The molecule has 63 heavy (non-hydrogen) atoms. The Balaban J connectivity index is 7.13. The van der Waals surface area contributed by atoms with Gasteiger partial charge in [0.1, 0.15) is 0 Å². The fraction of sp³-hybridized carbons (Fsp3) is 0.984. The van der Waals surface area contributed by atoms with Gasteiger partial charge in [0.15, 0.2) is 0 Å². The van der Waals surface area contributed by atoms with Crippen molar-refractivity contribution >= 4 is 6.41 Å². The molecule has 0 aromatic carbocycles. The zero-order chi connectivity index (χ0) is 46.1. The van der Waals surface area contributed by atoms with Crippen molar-refractivity contribution in [2.24, 2.45) is 16.7 Å². The highest BCUT2D eigenvalue weighted by Crippen LogP contribution is 2.61. The molecule has 1 unspecified atom stereocenters. The van der Waals surface area contributed by atoms with Crippen molar-refractivity contribution in [1.29, 1.82) is 0 Å². The van der Waals surface area contributed by atoms with Gasteiger partial charge in [-0.2, -0.15) is 0 Å². The molecule has 0 spiro atoms. The van der Waals surface area contributed by atoms with Gasteiger partial charge in [-0.3, -0.25) is 4.79 Å². The first-order valence-corrected chi connectivity index (χ1v) is 30.2. The van der Waals surface area contributed by atoms with Gasteiger partial charge in [-0.05, 0) is 61.7 Å². The molecule has 0 saturated carbocycles. The molecule has 0 rings (SSSR count). The van der Waals surface area contributed by atoms with Crippen LogP contribution < -0.4 is 5.32 Å². The molecular weight excluding hydrogens is 763 g/mol. The van der Waals surface area contributed by atoms with Crippen LogP contribution in [0.1, 0.15) is 363 Å². The van der Waals surface area contributed by atoms with Crippen molar-refractivity contribution in [2.45, 2.75) is 363 Å². The van der Waals surface area contributed by atoms with Crippen LogP contribution in [0.5, 0.6) is 0 Å². The van der Waals surface area contributed by atoms with Gasteiger partial charge in [-0.1, -0.05) is 318 Å². The minimum Gasteiger partial charge on any atom is -0.348 e. The molecule has 1 amide bonds. The maximum absolute atomic E-state index is 12.0. The molecule has 0 bridgehead atoms. The summed E-state index contributed by atoms with van der Waals surface area (Å²) in [6.07, 6.45) is 72.6. The summed E-state index contributed by atoms with van der Waals surface area (Å²) in [5.41, 5.74) is 0.680. The van der Waals surface area contributed by atoms with E-state index in [1.807, 2.05) is 0 Å². The maximum atomic E-state index is 12.0. The van der Waals surface area contributed by atoms with Crippen LogP contribution in [0.25, 0.3) is 0 Å². The van der Waals surface area contributed by atoms with Crippen LogP contribution in [0.4, 0.5) is 0 Å². The standard InChI is InChI=1S/C61H122NO/c1-7-13-19-24-29-34-39-45-51-59(50-44-18-12-6)61(54-48-42-37-32-27-22-16-10-4,55-49-43-38-33-28-23-17-11-5)60(56-57-62-58-63,52-46-40-35-30-25-20-14-8-2)53-47-41-36-31-26-21-15-9-3/h59H,7-57H2,1-6H3,(H,62,63). The first-order chi connectivity index (χ1) is 31.1. The zero-order valence-electron chi connectivity index (χ0n) is 45.0. The second kappa shape index (κ2) is 49.4. The van der Waals surface area contributed by atoms with E-state index in [0.717, 1.165) is 12.5 Å².